The first-order valence-electron chi connectivity index (χ1n) is 7.29. The number of ether oxygens (including phenoxy) is 1. The number of rotatable bonds is 8. The van der Waals surface area contributed by atoms with Gasteiger partial charge in [-0.3, -0.25) is 0 Å². The van der Waals surface area contributed by atoms with E-state index < -0.39 is 0 Å². The third kappa shape index (κ3) is 4.65. The van der Waals surface area contributed by atoms with Gasteiger partial charge in [0.1, 0.15) is 0 Å². The molecule has 1 aromatic rings. The summed E-state index contributed by atoms with van der Waals surface area (Å²) in [4.78, 5) is 2.37. The molecule has 0 aliphatic rings. The van der Waals surface area contributed by atoms with E-state index in [1.54, 1.807) is 7.11 Å². The van der Waals surface area contributed by atoms with Crippen LogP contribution in [0.25, 0.3) is 0 Å². The molecule has 0 amide bonds. The summed E-state index contributed by atoms with van der Waals surface area (Å²) in [5.74, 6) is 0. The predicted molar refractivity (Wildman–Crippen MR) is 87.8 cm³/mol. The smallest absolute Gasteiger partial charge is 0.0637 e. The van der Waals surface area contributed by atoms with Crippen molar-refractivity contribution in [2.75, 3.05) is 25.2 Å². The molecule has 0 aliphatic heterocycles. The van der Waals surface area contributed by atoms with Gasteiger partial charge in [-0.1, -0.05) is 24.6 Å². The van der Waals surface area contributed by atoms with Gasteiger partial charge >= 0.3 is 0 Å². The molecule has 20 heavy (non-hydrogen) atoms. The molecule has 0 spiro atoms. The van der Waals surface area contributed by atoms with Crippen molar-refractivity contribution in [3.05, 3.63) is 28.8 Å². The zero-order valence-electron chi connectivity index (χ0n) is 13.0. The molecule has 0 saturated carbocycles. The topological polar surface area (TPSA) is 38.5 Å². The Balaban J connectivity index is 3.13. The quantitative estimate of drug-likeness (QED) is 0.798. The van der Waals surface area contributed by atoms with E-state index in [-0.39, 0.29) is 6.04 Å². The first-order chi connectivity index (χ1) is 9.51. The van der Waals surface area contributed by atoms with Crippen LogP contribution in [0.15, 0.2) is 18.2 Å². The zero-order chi connectivity index (χ0) is 15.1. The molecule has 2 unspecified atom stereocenters. The molecule has 0 heterocycles. The molecular weight excluding hydrogens is 272 g/mol. The second-order valence-electron chi connectivity index (χ2n) is 5.36. The molecule has 0 aromatic heterocycles. The van der Waals surface area contributed by atoms with Gasteiger partial charge in [0.25, 0.3) is 0 Å². The number of halogens is 1. The summed E-state index contributed by atoms with van der Waals surface area (Å²) in [6.45, 7) is 7.99. The van der Waals surface area contributed by atoms with E-state index >= 15 is 0 Å². The van der Waals surface area contributed by atoms with Gasteiger partial charge in [0.15, 0.2) is 0 Å². The molecule has 4 heteroatoms. The SMILES string of the molecule is CCC(C)N(CCOC)c1cccc(Cl)c1CC(C)N. The van der Waals surface area contributed by atoms with Crippen LogP contribution in [0.1, 0.15) is 32.8 Å². The average Bonchev–Trinajstić information content (AvgIpc) is 2.41. The number of hydrogen-bond donors (Lipinski definition) is 1. The molecule has 0 fully saturated rings. The van der Waals surface area contributed by atoms with E-state index in [1.807, 2.05) is 19.1 Å². The lowest BCUT2D eigenvalue weighted by molar-refractivity contribution is 0.203. The highest BCUT2D eigenvalue weighted by Crippen LogP contribution is 2.30. The van der Waals surface area contributed by atoms with Gasteiger partial charge in [0.2, 0.25) is 0 Å². The van der Waals surface area contributed by atoms with Crippen LogP contribution < -0.4 is 10.6 Å². The van der Waals surface area contributed by atoms with Crippen LogP contribution >= 0.6 is 11.6 Å². The second kappa shape index (κ2) is 8.50. The number of methoxy groups -OCH3 is 1. The lowest BCUT2D eigenvalue weighted by atomic mass is 10.0. The third-order valence-electron chi connectivity index (χ3n) is 3.59. The highest BCUT2D eigenvalue weighted by molar-refractivity contribution is 6.31. The van der Waals surface area contributed by atoms with Gasteiger partial charge in [0.05, 0.1) is 6.61 Å². The van der Waals surface area contributed by atoms with Crippen LogP contribution in [0.3, 0.4) is 0 Å². The largest absolute Gasteiger partial charge is 0.383 e. The zero-order valence-corrected chi connectivity index (χ0v) is 13.8. The Kier molecular flexibility index (Phi) is 7.35. The highest BCUT2D eigenvalue weighted by atomic mass is 35.5. The second-order valence-corrected chi connectivity index (χ2v) is 5.77. The normalized spacial score (nSPS) is 14.1. The number of anilines is 1. The third-order valence-corrected chi connectivity index (χ3v) is 3.94. The summed E-state index contributed by atoms with van der Waals surface area (Å²) in [6.07, 6.45) is 1.86. The molecule has 0 saturated heterocycles. The minimum atomic E-state index is 0.0925. The maximum atomic E-state index is 6.39. The monoisotopic (exact) mass is 298 g/mol. The lowest BCUT2D eigenvalue weighted by Crippen LogP contribution is -2.36. The number of hydrogen-bond acceptors (Lipinski definition) is 3. The molecule has 2 atom stereocenters. The summed E-state index contributed by atoms with van der Waals surface area (Å²) in [5, 5.41) is 0.797. The van der Waals surface area contributed by atoms with E-state index in [0.29, 0.717) is 12.6 Å². The minimum absolute atomic E-state index is 0.0925. The van der Waals surface area contributed by atoms with Crippen molar-refractivity contribution in [1.82, 2.24) is 0 Å². The Morgan fingerprint density at radius 2 is 2.05 bits per heavy atom. The molecule has 3 nitrogen and oxygen atoms in total. The van der Waals surface area contributed by atoms with Crippen molar-refractivity contribution < 1.29 is 4.74 Å². The van der Waals surface area contributed by atoms with Crippen LogP contribution in [0.2, 0.25) is 5.02 Å². The number of benzene rings is 1. The van der Waals surface area contributed by atoms with Crippen LogP contribution in [-0.4, -0.2) is 32.3 Å². The maximum absolute atomic E-state index is 6.39. The van der Waals surface area contributed by atoms with Crippen LogP contribution in [-0.2, 0) is 11.2 Å². The van der Waals surface area contributed by atoms with E-state index in [0.717, 1.165) is 30.0 Å². The van der Waals surface area contributed by atoms with Gasteiger partial charge in [-0.25, -0.2) is 0 Å². The van der Waals surface area contributed by atoms with Crippen molar-refractivity contribution in [2.45, 2.75) is 45.7 Å². The molecule has 1 rings (SSSR count). The Morgan fingerprint density at radius 3 is 2.60 bits per heavy atom. The molecule has 2 N–H and O–H groups in total. The Hall–Kier alpha value is -0.770. The van der Waals surface area contributed by atoms with Crippen LogP contribution in [0.4, 0.5) is 5.69 Å². The molecule has 0 radical (unpaired) electrons. The molecule has 114 valence electrons. The van der Waals surface area contributed by atoms with Crippen molar-refractivity contribution in [2.24, 2.45) is 5.73 Å². The van der Waals surface area contributed by atoms with Gasteiger partial charge in [-0.05, 0) is 44.4 Å². The Morgan fingerprint density at radius 1 is 1.35 bits per heavy atom. The molecule has 0 aliphatic carbocycles. The van der Waals surface area contributed by atoms with Crippen molar-refractivity contribution in [1.29, 1.82) is 0 Å². The Labute approximate surface area is 128 Å². The predicted octanol–water partition coefficient (Wildman–Crippen LogP) is 3.48. The maximum Gasteiger partial charge on any atom is 0.0637 e. The Bertz CT molecular complexity index is 409. The number of nitrogens with two attached hydrogens (primary N) is 1. The summed E-state index contributed by atoms with van der Waals surface area (Å²) < 4.78 is 5.24. The van der Waals surface area contributed by atoms with Gasteiger partial charge < -0.3 is 15.4 Å². The fourth-order valence-corrected chi connectivity index (χ4v) is 2.58. The average molecular weight is 299 g/mol. The van der Waals surface area contributed by atoms with Crippen molar-refractivity contribution >= 4 is 17.3 Å². The fraction of sp³-hybridized carbons (Fsp3) is 0.625. The fourth-order valence-electron chi connectivity index (χ4n) is 2.33. The van der Waals surface area contributed by atoms with Crippen molar-refractivity contribution in [3.63, 3.8) is 0 Å². The molecular formula is C16H27ClN2O. The summed E-state index contributed by atoms with van der Waals surface area (Å²) in [7, 11) is 1.73. The first-order valence-corrected chi connectivity index (χ1v) is 7.67. The van der Waals surface area contributed by atoms with Gasteiger partial charge in [-0.15, -0.1) is 0 Å². The molecule has 0 bridgehead atoms. The van der Waals surface area contributed by atoms with Gasteiger partial charge in [-0.2, -0.15) is 0 Å². The van der Waals surface area contributed by atoms with E-state index in [2.05, 4.69) is 24.8 Å². The van der Waals surface area contributed by atoms with Gasteiger partial charge in [0, 0.05) is 36.4 Å². The van der Waals surface area contributed by atoms with Crippen LogP contribution in [0, 0.1) is 0 Å². The standard InChI is InChI=1S/C16H27ClN2O/c1-5-13(3)19(9-10-20-4)16-8-6-7-15(17)14(16)11-12(2)18/h6-8,12-13H,5,9-11,18H2,1-4H3. The van der Waals surface area contributed by atoms with E-state index in [4.69, 9.17) is 22.1 Å². The number of nitrogens with zero attached hydrogens (tertiary/aromatic N) is 1. The minimum Gasteiger partial charge on any atom is -0.383 e. The first kappa shape index (κ1) is 17.3. The van der Waals surface area contributed by atoms with E-state index in [1.165, 1.54) is 5.69 Å². The summed E-state index contributed by atoms with van der Waals surface area (Å²) in [5.41, 5.74) is 8.29. The van der Waals surface area contributed by atoms with Crippen molar-refractivity contribution in [3.8, 4) is 0 Å². The summed E-state index contributed by atoms with van der Waals surface area (Å²) >= 11 is 6.39. The summed E-state index contributed by atoms with van der Waals surface area (Å²) in [6, 6.07) is 6.61. The molecule has 1 aromatic carbocycles. The van der Waals surface area contributed by atoms with E-state index in [9.17, 15) is 0 Å². The van der Waals surface area contributed by atoms with Crippen LogP contribution in [0.5, 0.6) is 0 Å². The highest BCUT2D eigenvalue weighted by Gasteiger charge is 2.18. The lowest BCUT2D eigenvalue weighted by Gasteiger charge is -2.33.